The Labute approximate surface area is 357 Å². The van der Waals surface area contributed by atoms with E-state index in [0.29, 0.717) is 11.6 Å². The molecule has 0 radical (unpaired) electrons. The lowest BCUT2D eigenvalue weighted by molar-refractivity contribution is 0.486. The largest absolute Gasteiger partial charge is 0.456 e. The Morgan fingerprint density at radius 1 is 0.528 bits per heavy atom. The Kier molecular flexibility index (Phi) is 2.91. The van der Waals surface area contributed by atoms with Crippen LogP contribution in [0.15, 0.2) is 198 Å². The van der Waals surface area contributed by atoms with Crippen molar-refractivity contribution in [3.05, 3.63) is 193 Å². The number of para-hydroxylation sites is 3. The Morgan fingerprint density at radius 2 is 1.08 bits per heavy atom. The molecule has 11 rings (SSSR count). The smallest absolute Gasteiger partial charge is 0.289 e. The van der Waals surface area contributed by atoms with Crippen molar-refractivity contribution >= 4 is 79.2 Å². The molecule has 0 fully saturated rings. The van der Waals surface area contributed by atoms with Crippen LogP contribution in [0.1, 0.15) is 42.5 Å². The maximum absolute atomic E-state index is 10.6. The molecule has 5 heteroatoms. The van der Waals surface area contributed by atoms with Crippen LogP contribution in [0, 0.1) is 0 Å². The second kappa shape index (κ2) is 12.0. The molecular formula is C48H32BNOSSi. The fraction of sp³-hybridized carbons (Fsp3) is 0. The molecule has 3 heterocycles. The highest BCUT2D eigenvalue weighted by Gasteiger charge is 2.45. The van der Waals surface area contributed by atoms with Gasteiger partial charge < -0.3 is 9.30 Å². The van der Waals surface area contributed by atoms with Crippen molar-refractivity contribution < 1.29 is 47.2 Å². The number of aromatic nitrogens is 1. The minimum atomic E-state index is -6.49. The SMILES string of the molecule is [2H]c1cc2c(c(-n3c4c([2H])c([2H])c([2H])c([2H])c4c4c([2H])c([2H])c([2H])c([2H])c43)c1[2H])Oc1c([2H])c([Si](c3c([2H])c([2H])c([2H])c([2H])c3[2H])(c3c([2H])c([2H])c([2H])c([2H])c3[2H])c3c([2H])c([2H])c([2H])c([2H])c3[2H])c([2H])c3c1B2Sc1c([2H])c([2H])c([2H])c([2H])c1-3. The lowest BCUT2D eigenvalue weighted by Gasteiger charge is -2.38. The van der Waals surface area contributed by atoms with Crippen LogP contribution in [0.2, 0.25) is 0 Å². The summed E-state index contributed by atoms with van der Waals surface area (Å²) in [6, 6.07) is -31.1. The molecule has 2 aliphatic rings. The number of nitrogens with zero attached hydrogens (tertiary/aromatic N) is 1. The van der Waals surface area contributed by atoms with E-state index in [9.17, 15) is 19.2 Å². The monoisotopic (exact) mass is 740 g/mol. The number of ether oxygens (including phenoxy) is 1. The molecular weight excluding hydrogens is 677 g/mol. The van der Waals surface area contributed by atoms with Gasteiger partial charge in [0.2, 0.25) is 0 Å². The molecule has 0 saturated heterocycles. The number of fused-ring (bicyclic) bond motifs is 7. The minimum Gasteiger partial charge on any atom is -0.456 e. The second-order valence-electron chi connectivity index (χ2n) is 11.6. The molecule has 9 aromatic rings. The summed E-state index contributed by atoms with van der Waals surface area (Å²) in [4.78, 5) is -0.377. The van der Waals surface area contributed by atoms with E-state index in [1.165, 1.54) is 0 Å². The van der Waals surface area contributed by atoms with Gasteiger partial charge in [-0.15, -0.1) is 0 Å². The summed E-state index contributed by atoms with van der Waals surface area (Å²) in [5.41, 5.74) is -3.64. The first-order valence-corrected chi connectivity index (χ1v) is 18.6. The molecule has 2 nitrogen and oxygen atoms in total. The number of hydrogen-bond acceptors (Lipinski definition) is 2. The van der Waals surface area contributed by atoms with Crippen molar-refractivity contribution in [2.75, 3.05) is 0 Å². The van der Waals surface area contributed by atoms with Crippen molar-refractivity contribution in [3.8, 4) is 28.3 Å². The van der Waals surface area contributed by atoms with Gasteiger partial charge >= 0.3 is 0 Å². The van der Waals surface area contributed by atoms with E-state index in [1.807, 2.05) is 0 Å². The van der Waals surface area contributed by atoms with Crippen LogP contribution in [-0.2, 0) is 0 Å². The molecule has 0 aliphatic carbocycles. The molecule has 0 spiro atoms. The van der Waals surface area contributed by atoms with Gasteiger partial charge in [-0.05, 0) is 73.0 Å². The first-order valence-electron chi connectivity index (χ1n) is 31.2. The van der Waals surface area contributed by atoms with Gasteiger partial charge in [0, 0.05) is 15.7 Å². The molecule has 0 atom stereocenters. The highest BCUT2D eigenvalue weighted by molar-refractivity contribution is 8.28. The van der Waals surface area contributed by atoms with Crippen LogP contribution < -0.4 is 36.4 Å². The van der Waals surface area contributed by atoms with E-state index < -0.39 is 272 Å². The fourth-order valence-corrected chi connectivity index (χ4v) is 11.8. The lowest BCUT2D eigenvalue weighted by atomic mass is 9.57. The van der Waals surface area contributed by atoms with Crippen LogP contribution in [-0.4, -0.2) is 18.6 Å². The molecule has 248 valence electrons. The van der Waals surface area contributed by atoms with Crippen molar-refractivity contribution in [1.29, 1.82) is 0 Å². The van der Waals surface area contributed by atoms with Crippen molar-refractivity contribution in [2.24, 2.45) is 0 Å². The van der Waals surface area contributed by atoms with Crippen molar-refractivity contribution in [1.82, 2.24) is 4.57 Å². The van der Waals surface area contributed by atoms with E-state index >= 15 is 0 Å². The maximum atomic E-state index is 10.6. The average molecular weight is 741 g/mol. The van der Waals surface area contributed by atoms with Gasteiger partial charge in [-0.3, -0.25) is 0 Å². The first-order chi connectivity index (χ1) is 39.2. The molecule has 0 bridgehead atoms. The van der Waals surface area contributed by atoms with Gasteiger partial charge in [0.05, 0.1) is 59.2 Å². The van der Waals surface area contributed by atoms with E-state index in [0.717, 1.165) is 10.6 Å². The summed E-state index contributed by atoms with van der Waals surface area (Å²) in [7, 11) is -6.49. The van der Waals surface area contributed by atoms with Gasteiger partial charge in [0.15, 0.2) is 8.07 Å². The highest BCUT2D eigenvalue weighted by Crippen LogP contribution is 2.45. The Balaban J connectivity index is 1.47. The standard InChI is InChI=1S/C48H32BNOSSi/c1-4-17-33(18-5-1)53(34-19-6-2-7-20-34,35-21-8-3-9-22-35)36-31-40-39-25-12-15-30-46(39)52-49-41-26-16-29-44(48(41)51-45(32-36)47(40)49)50-42-27-13-10-23-37(42)38-24-11-14-28-43(38)50/h1-32H/i1D,2D,3D,4D,5D,6D,7D,8D,9D,10D,11D,12D,13D,14D,15D,16D,17D,18D,19D,20D,21D,22D,23D,24D,25D,27D,28D,29D,30D,31D,32D. The number of hydrogen-bond donors (Lipinski definition) is 0. The number of benzene rings is 8. The minimum absolute atomic E-state index is 0.226. The Morgan fingerprint density at radius 3 is 1.70 bits per heavy atom. The molecule has 8 aromatic carbocycles. The van der Waals surface area contributed by atoms with Crippen molar-refractivity contribution in [3.63, 3.8) is 0 Å². The summed E-state index contributed by atoms with van der Waals surface area (Å²) < 4.78 is 294. The van der Waals surface area contributed by atoms with Gasteiger partial charge in [-0.2, -0.15) is 11.6 Å². The number of rotatable bonds is 5. The normalized spacial score (nSPS) is 21.1. The van der Waals surface area contributed by atoms with E-state index in [4.69, 9.17) is 28.0 Å². The molecule has 0 unspecified atom stereocenters. The molecule has 0 saturated carbocycles. The lowest BCUT2D eigenvalue weighted by Crippen LogP contribution is -2.75. The van der Waals surface area contributed by atoms with Crippen LogP contribution >= 0.6 is 11.6 Å². The summed E-state index contributed by atoms with van der Waals surface area (Å²) in [6.07, 6.45) is 0. The molecule has 0 amide bonds. The molecule has 0 N–H and O–H groups in total. The van der Waals surface area contributed by atoms with Crippen LogP contribution in [0.25, 0.3) is 38.6 Å². The summed E-state index contributed by atoms with van der Waals surface area (Å²) >= 11 is 0.635. The van der Waals surface area contributed by atoms with E-state index in [2.05, 4.69) is 0 Å². The molecule has 1 aromatic heterocycles. The predicted molar refractivity (Wildman–Crippen MR) is 227 cm³/mol. The maximum Gasteiger partial charge on any atom is 0.289 e. The predicted octanol–water partition coefficient (Wildman–Crippen LogP) is 8.15. The molecule has 2 aliphatic heterocycles. The zero-order chi connectivity index (χ0) is 61.9. The van der Waals surface area contributed by atoms with E-state index in [-0.39, 0.29) is 15.8 Å². The quantitative estimate of drug-likeness (QED) is 0.131. The third-order valence-corrected chi connectivity index (χ3v) is 14.3. The third kappa shape index (κ3) is 4.48. The Bertz CT molecular complexity index is 4330. The third-order valence-electron chi connectivity index (χ3n) is 9.04. The topological polar surface area (TPSA) is 14.2 Å². The van der Waals surface area contributed by atoms with E-state index in [1.54, 1.807) is 0 Å². The van der Waals surface area contributed by atoms with Gasteiger partial charge in [-0.25, -0.2) is 0 Å². The highest BCUT2D eigenvalue weighted by atomic mass is 32.2. The second-order valence-corrected chi connectivity index (χ2v) is 16.2. The molecule has 53 heavy (non-hydrogen) atoms. The zero-order valence-corrected chi connectivity index (χ0v) is 28.2. The van der Waals surface area contributed by atoms with Gasteiger partial charge in [0.25, 0.3) is 5.99 Å². The first kappa shape index (κ1) is 12.8. The van der Waals surface area contributed by atoms with Crippen LogP contribution in [0.3, 0.4) is 0 Å². The summed E-state index contributed by atoms with van der Waals surface area (Å²) in [5.74, 6) is -3.11. The van der Waals surface area contributed by atoms with Gasteiger partial charge in [0.1, 0.15) is 11.5 Å². The van der Waals surface area contributed by atoms with Crippen LogP contribution in [0.5, 0.6) is 11.5 Å². The fourth-order valence-electron chi connectivity index (χ4n) is 6.90. The van der Waals surface area contributed by atoms with Gasteiger partial charge in [-0.1, -0.05) is 163 Å². The summed E-state index contributed by atoms with van der Waals surface area (Å²) in [5, 5.41) is -5.48. The zero-order valence-electron chi connectivity index (χ0n) is 57.4. The van der Waals surface area contributed by atoms with Crippen molar-refractivity contribution in [2.45, 2.75) is 4.90 Å². The van der Waals surface area contributed by atoms with Crippen LogP contribution in [0.4, 0.5) is 0 Å². The summed E-state index contributed by atoms with van der Waals surface area (Å²) in [6.45, 7) is 0. The average Bonchev–Trinajstić information content (AvgIpc) is 1.03. The Hall–Kier alpha value is -6.01.